The Morgan fingerprint density at radius 2 is 1.82 bits per heavy atom. The van der Waals surface area contributed by atoms with Gasteiger partial charge in [-0.15, -0.1) is 0 Å². The Balaban J connectivity index is 1.45. The summed E-state index contributed by atoms with van der Waals surface area (Å²) >= 11 is 0. The van der Waals surface area contributed by atoms with E-state index in [1.165, 1.54) is 0 Å². The number of hydrogen-bond donors (Lipinski definition) is 2. The van der Waals surface area contributed by atoms with Crippen LogP contribution >= 0.6 is 0 Å². The van der Waals surface area contributed by atoms with Crippen LogP contribution in [0, 0.1) is 5.92 Å². The molecule has 1 aliphatic heterocycles. The van der Waals surface area contributed by atoms with Crippen molar-refractivity contribution < 1.29 is 23.4 Å². The minimum atomic E-state index is -1.83. The van der Waals surface area contributed by atoms with Crippen molar-refractivity contribution in [2.45, 2.75) is 96.5 Å². The van der Waals surface area contributed by atoms with E-state index in [9.17, 15) is 4.79 Å². The molecule has 11 nitrogen and oxygen atoms in total. The second-order valence-corrected chi connectivity index (χ2v) is 25.0. The van der Waals surface area contributed by atoms with Gasteiger partial charge in [0.25, 0.3) is 0 Å². The molecule has 0 spiro atoms. The highest BCUT2D eigenvalue weighted by Crippen LogP contribution is 2.38. The lowest BCUT2D eigenvalue weighted by atomic mass is 10.1. The largest absolute Gasteiger partial charge is 0.490 e. The third-order valence-electron chi connectivity index (χ3n) is 8.55. The summed E-state index contributed by atoms with van der Waals surface area (Å²) in [4.78, 5) is 28.4. The molecular weight excluding hydrogens is 593 g/mol. The van der Waals surface area contributed by atoms with E-state index < -0.39 is 16.4 Å². The van der Waals surface area contributed by atoms with Gasteiger partial charge < -0.3 is 29.3 Å². The Morgan fingerprint density at radius 3 is 2.48 bits per heavy atom. The molecule has 0 aromatic carbocycles. The Bertz CT molecular complexity index is 1280. The zero-order valence-electron chi connectivity index (χ0n) is 27.9. The number of aromatic nitrogens is 3. The summed E-state index contributed by atoms with van der Waals surface area (Å²) in [6.07, 6.45) is 5.85. The van der Waals surface area contributed by atoms with Gasteiger partial charge in [-0.2, -0.15) is 9.97 Å². The summed E-state index contributed by atoms with van der Waals surface area (Å²) in [6, 6.07) is 2.98. The first kappa shape index (κ1) is 34.3. The average molecular weight is 645 g/mol. The van der Waals surface area contributed by atoms with Crippen LogP contribution in [0.2, 0.25) is 43.8 Å². The second-order valence-electron chi connectivity index (χ2n) is 14.6. The van der Waals surface area contributed by atoms with Gasteiger partial charge in [0.15, 0.2) is 8.32 Å². The molecule has 0 bridgehead atoms. The number of anilines is 2. The summed E-state index contributed by atoms with van der Waals surface area (Å²) in [5.74, 6) is 1.97. The minimum Gasteiger partial charge on any atom is -0.490 e. The molecule has 1 atom stereocenters. The topological polar surface area (TPSA) is 134 Å². The van der Waals surface area contributed by atoms with E-state index in [1.54, 1.807) is 12.4 Å². The maximum Gasteiger partial charge on any atom is 0.234 e. The van der Waals surface area contributed by atoms with Crippen molar-refractivity contribution in [3.8, 4) is 11.6 Å². The standard InChI is InChI=1S/C31H52N6O5Si2/c1-31(2,3)44(7,8)42-12-11-40-25-15-22(18-33-19-25)20-41-29-26-16-24(17-32)37(21-39-13-14-43(4,5)6)27(26)34-30(36-29)35-28(38)23-9-10-23/h15,18-19,23-24H,9-14,16-17,20-21,32H2,1-8H3,(H,34,35,36,38)/t24-/m1/s1. The highest BCUT2D eigenvalue weighted by molar-refractivity contribution is 6.76. The van der Waals surface area contributed by atoms with E-state index in [-0.39, 0.29) is 35.5 Å². The Kier molecular flexibility index (Phi) is 11.1. The summed E-state index contributed by atoms with van der Waals surface area (Å²) in [5, 5.41) is 3.04. The molecule has 3 N–H and O–H groups in total. The van der Waals surface area contributed by atoms with Crippen molar-refractivity contribution in [2.75, 3.05) is 43.3 Å². The van der Waals surface area contributed by atoms with Crippen molar-refractivity contribution in [1.29, 1.82) is 0 Å². The van der Waals surface area contributed by atoms with Crippen LogP contribution in [0.5, 0.6) is 11.6 Å². The number of nitrogens with two attached hydrogens (primary N) is 1. The number of ether oxygens (including phenoxy) is 3. The van der Waals surface area contributed by atoms with Gasteiger partial charge in [-0.1, -0.05) is 40.4 Å². The highest BCUT2D eigenvalue weighted by atomic mass is 28.4. The van der Waals surface area contributed by atoms with E-state index in [4.69, 9.17) is 29.4 Å². The first-order valence-electron chi connectivity index (χ1n) is 15.8. The lowest BCUT2D eigenvalue weighted by molar-refractivity contribution is -0.117. The molecule has 2 aromatic heterocycles. The predicted octanol–water partition coefficient (Wildman–Crippen LogP) is 5.20. The molecule has 4 rings (SSSR count). The third kappa shape index (κ3) is 9.46. The second kappa shape index (κ2) is 14.2. The molecule has 0 radical (unpaired) electrons. The number of rotatable bonds is 16. The SMILES string of the molecule is CC(C)(C)[Si](C)(C)OCCOc1cncc(COc2nc(NC(=O)C3CC3)nc3c2C[C@H](CN)N3COCC[Si](C)(C)C)c1. The van der Waals surface area contributed by atoms with E-state index >= 15 is 0 Å². The van der Waals surface area contributed by atoms with Crippen LogP contribution in [0.1, 0.15) is 44.7 Å². The smallest absolute Gasteiger partial charge is 0.234 e. The summed E-state index contributed by atoms with van der Waals surface area (Å²) in [5.41, 5.74) is 7.89. The number of nitrogens with one attached hydrogen (secondary N) is 1. The molecule has 1 amide bonds. The van der Waals surface area contributed by atoms with Gasteiger partial charge >= 0.3 is 0 Å². The normalized spacial score (nSPS) is 17.0. The Morgan fingerprint density at radius 1 is 1.07 bits per heavy atom. The predicted molar refractivity (Wildman–Crippen MR) is 179 cm³/mol. The molecule has 244 valence electrons. The molecule has 0 unspecified atom stereocenters. The molecule has 44 heavy (non-hydrogen) atoms. The van der Waals surface area contributed by atoms with Gasteiger partial charge in [0.05, 0.1) is 18.4 Å². The van der Waals surface area contributed by atoms with Crippen molar-refractivity contribution in [3.63, 3.8) is 0 Å². The van der Waals surface area contributed by atoms with E-state index in [0.717, 1.165) is 30.0 Å². The van der Waals surface area contributed by atoms with E-state index in [0.29, 0.717) is 57.0 Å². The van der Waals surface area contributed by atoms with Crippen LogP contribution in [0.3, 0.4) is 0 Å². The molecule has 0 saturated heterocycles. The van der Waals surface area contributed by atoms with Gasteiger partial charge in [-0.05, 0) is 43.1 Å². The molecule has 1 aliphatic carbocycles. The van der Waals surface area contributed by atoms with Crippen molar-refractivity contribution in [2.24, 2.45) is 11.7 Å². The molecule has 1 fully saturated rings. The summed E-state index contributed by atoms with van der Waals surface area (Å²) < 4.78 is 24.6. The maximum atomic E-state index is 12.6. The van der Waals surface area contributed by atoms with Crippen LogP contribution in [0.4, 0.5) is 11.8 Å². The van der Waals surface area contributed by atoms with Gasteiger partial charge in [-0.3, -0.25) is 15.1 Å². The van der Waals surface area contributed by atoms with Crippen LogP contribution in [-0.4, -0.2) is 76.4 Å². The quantitative estimate of drug-likeness (QED) is 0.185. The lowest BCUT2D eigenvalue weighted by Crippen LogP contribution is -2.41. The summed E-state index contributed by atoms with van der Waals surface area (Å²) in [6.45, 7) is 20.8. The first-order chi connectivity index (χ1) is 20.7. The highest BCUT2D eigenvalue weighted by Gasteiger charge is 2.37. The Labute approximate surface area is 264 Å². The zero-order chi connectivity index (χ0) is 32.1. The third-order valence-corrected chi connectivity index (χ3v) is 14.8. The zero-order valence-corrected chi connectivity index (χ0v) is 29.9. The van der Waals surface area contributed by atoms with Gasteiger partial charge in [-0.25, -0.2) is 0 Å². The molecular formula is C31H52N6O5Si2. The number of hydrogen-bond acceptors (Lipinski definition) is 10. The van der Waals surface area contributed by atoms with Crippen LogP contribution in [0.25, 0.3) is 0 Å². The summed E-state index contributed by atoms with van der Waals surface area (Å²) in [7, 11) is -3.06. The minimum absolute atomic E-state index is 0.00477. The number of nitrogens with zero attached hydrogens (tertiary/aromatic N) is 4. The lowest BCUT2D eigenvalue weighted by Gasteiger charge is -2.36. The van der Waals surface area contributed by atoms with Crippen LogP contribution in [0.15, 0.2) is 18.5 Å². The number of carbonyl (C=O) groups excluding carboxylic acids is 1. The van der Waals surface area contributed by atoms with Crippen LogP contribution in [-0.2, 0) is 27.0 Å². The number of pyridine rings is 1. The fourth-order valence-electron chi connectivity index (χ4n) is 4.48. The molecule has 2 aromatic rings. The van der Waals surface area contributed by atoms with Crippen molar-refractivity contribution in [1.82, 2.24) is 15.0 Å². The van der Waals surface area contributed by atoms with Crippen molar-refractivity contribution in [3.05, 3.63) is 29.6 Å². The Hall–Kier alpha value is -2.59. The monoisotopic (exact) mass is 644 g/mol. The molecule has 2 aliphatic rings. The number of amides is 1. The number of carbonyl (C=O) groups is 1. The van der Waals surface area contributed by atoms with Crippen LogP contribution < -0.4 is 25.4 Å². The van der Waals surface area contributed by atoms with Gasteiger partial charge in [0.2, 0.25) is 17.7 Å². The first-order valence-corrected chi connectivity index (χ1v) is 22.4. The van der Waals surface area contributed by atoms with Gasteiger partial charge in [0.1, 0.15) is 31.5 Å². The molecule has 13 heteroatoms. The maximum absolute atomic E-state index is 12.6. The fraction of sp³-hybridized carbons (Fsp3) is 0.677. The molecule has 1 saturated carbocycles. The van der Waals surface area contributed by atoms with Gasteiger partial charge in [0, 0.05) is 51.4 Å². The van der Waals surface area contributed by atoms with E-state index in [1.807, 2.05) is 6.07 Å². The number of fused-ring (bicyclic) bond motifs is 1. The van der Waals surface area contributed by atoms with Crippen molar-refractivity contribution >= 4 is 34.1 Å². The van der Waals surface area contributed by atoms with E-state index in [2.05, 4.69) is 73.7 Å². The average Bonchev–Trinajstić information content (AvgIpc) is 3.73. The molecule has 3 heterocycles. The fourth-order valence-corrected chi connectivity index (χ4v) is 6.27.